The topological polar surface area (TPSA) is 101 Å². The molecule has 1 aromatic carbocycles. The highest BCUT2D eigenvalue weighted by Crippen LogP contribution is 2.34. The highest BCUT2D eigenvalue weighted by atomic mass is 32.2. The summed E-state index contributed by atoms with van der Waals surface area (Å²) in [7, 11) is -2.96. The number of aliphatic imine (C=N–C) groups is 1. The van der Waals surface area contributed by atoms with E-state index in [1.165, 1.54) is 11.8 Å². The summed E-state index contributed by atoms with van der Waals surface area (Å²) in [6, 6.07) is 10.5. The van der Waals surface area contributed by atoms with Crippen LogP contribution in [0.4, 0.5) is 5.69 Å². The minimum absolute atomic E-state index is 0.0118. The maximum absolute atomic E-state index is 12.3. The van der Waals surface area contributed by atoms with Gasteiger partial charge in [-0.3, -0.25) is 9.79 Å². The molecular weight excluding hydrogens is 374 g/mol. The number of thioether (sulfide) groups is 1. The molecule has 2 atom stereocenters. The molecule has 2 aliphatic rings. The second-order valence-corrected chi connectivity index (χ2v) is 9.58. The first-order valence-electron chi connectivity index (χ1n) is 8.11. The fraction of sp³-hybridized carbons (Fsp3) is 0.294. The fourth-order valence-corrected chi connectivity index (χ4v) is 6.64. The molecule has 7 nitrogen and oxygen atoms in total. The number of carbonyl (C=O) groups excluding carboxylic acids is 1. The molecule has 2 aromatic rings. The molecule has 136 valence electrons. The van der Waals surface area contributed by atoms with Gasteiger partial charge in [-0.05, 0) is 30.3 Å². The lowest BCUT2D eigenvalue weighted by atomic mass is 10.2. The zero-order chi connectivity index (χ0) is 18.1. The van der Waals surface area contributed by atoms with E-state index in [2.05, 4.69) is 15.6 Å². The van der Waals surface area contributed by atoms with Crippen molar-refractivity contribution in [2.75, 3.05) is 16.8 Å². The molecule has 0 aliphatic carbocycles. The quantitative estimate of drug-likeness (QED) is 0.825. The van der Waals surface area contributed by atoms with E-state index >= 15 is 0 Å². The van der Waals surface area contributed by atoms with Gasteiger partial charge in [0.1, 0.15) is 5.76 Å². The molecule has 2 N–H and O–H groups in total. The van der Waals surface area contributed by atoms with E-state index in [4.69, 9.17) is 4.42 Å². The van der Waals surface area contributed by atoms with E-state index in [9.17, 15) is 13.2 Å². The molecule has 0 saturated carbocycles. The van der Waals surface area contributed by atoms with Gasteiger partial charge in [0.15, 0.2) is 15.0 Å². The van der Waals surface area contributed by atoms with Crippen LogP contribution in [0.25, 0.3) is 0 Å². The highest BCUT2D eigenvalue weighted by molar-refractivity contribution is 8.15. The van der Waals surface area contributed by atoms with Gasteiger partial charge in [0.05, 0.1) is 30.4 Å². The average molecular weight is 391 g/mol. The number of amides is 1. The molecule has 2 aliphatic heterocycles. The van der Waals surface area contributed by atoms with E-state index < -0.39 is 9.84 Å². The third kappa shape index (κ3) is 3.78. The first-order chi connectivity index (χ1) is 12.5. The van der Waals surface area contributed by atoms with Crippen molar-refractivity contribution < 1.29 is 17.6 Å². The molecule has 0 spiro atoms. The number of carbonyl (C=O) groups is 1. The molecule has 0 bridgehead atoms. The standard InChI is InChI=1S/C17H17N3O4S2/c21-16(18-8-13-5-2-6-24-13)11-3-1-4-12(7-11)19-17-20-14-9-26(22,23)10-15(14)25-17/h1-7,14-15H,8-10H2,(H,18,21)(H,19,20)/t14-,15+/m0/s1. The van der Waals surface area contributed by atoms with Gasteiger partial charge in [0.25, 0.3) is 5.91 Å². The summed E-state index contributed by atoms with van der Waals surface area (Å²) in [5, 5.41) is 6.67. The number of fused-ring (bicyclic) bond motifs is 1. The SMILES string of the molecule is O=C(NCc1ccco1)c1cccc(NC2=N[C@H]3CS(=O)(=O)C[C@H]3S2)c1. The van der Waals surface area contributed by atoms with Crippen LogP contribution >= 0.6 is 11.8 Å². The number of sulfone groups is 1. The molecule has 1 saturated heterocycles. The zero-order valence-electron chi connectivity index (χ0n) is 13.7. The summed E-state index contributed by atoms with van der Waals surface area (Å²) in [6.45, 7) is 0.323. The molecule has 26 heavy (non-hydrogen) atoms. The van der Waals surface area contributed by atoms with Gasteiger partial charge in [-0.1, -0.05) is 17.8 Å². The Hall–Kier alpha value is -2.26. The lowest BCUT2D eigenvalue weighted by molar-refractivity contribution is 0.0948. The Labute approximate surface area is 155 Å². The molecule has 9 heteroatoms. The minimum Gasteiger partial charge on any atom is -0.467 e. The van der Waals surface area contributed by atoms with E-state index in [0.717, 1.165) is 5.69 Å². The predicted octanol–water partition coefficient (Wildman–Crippen LogP) is 1.89. The summed E-state index contributed by atoms with van der Waals surface area (Å²) in [4.78, 5) is 16.7. The molecule has 0 unspecified atom stereocenters. The van der Waals surface area contributed by atoms with Gasteiger partial charge in [0.2, 0.25) is 0 Å². The Bertz CT molecular complexity index is 954. The normalized spacial score (nSPS) is 23.3. The van der Waals surface area contributed by atoms with Gasteiger partial charge in [-0.2, -0.15) is 0 Å². The number of benzene rings is 1. The summed E-state index contributed by atoms with van der Waals surface area (Å²) in [5.41, 5.74) is 1.26. The first kappa shape index (κ1) is 17.2. The number of rotatable bonds is 4. The number of hydrogen-bond acceptors (Lipinski definition) is 7. The van der Waals surface area contributed by atoms with Crippen molar-refractivity contribution in [2.45, 2.75) is 17.8 Å². The maximum atomic E-state index is 12.3. The zero-order valence-corrected chi connectivity index (χ0v) is 15.3. The second kappa shape index (κ2) is 6.81. The second-order valence-electron chi connectivity index (χ2n) is 6.20. The highest BCUT2D eigenvalue weighted by Gasteiger charge is 2.42. The summed E-state index contributed by atoms with van der Waals surface area (Å²) in [5.74, 6) is 0.775. The van der Waals surface area contributed by atoms with Gasteiger partial charge >= 0.3 is 0 Å². The van der Waals surface area contributed by atoms with Crippen LogP contribution in [0.15, 0.2) is 52.1 Å². The third-order valence-corrected chi connectivity index (χ3v) is 7.34. The van der Waals surface area contributed by atoms with E-state index in [1.807, 2.05) is 6.07 Å². The van der Waals surface area contributed by atoms with Crippen molar-refractivity contribution in [1.82, 2.24) is 5.32 Å². The van der Waals surface area contributed by atoms with Gasteiger partial charge in [-0.15, -0.1) is 0 Å². The van der Waals surface area contributed by atoms with E-state index in [-0.39, 0.29) is 28.7 Å². The Morgan fingerprint density at radius 2 is 2.15 bits per heavy atom. The van der Waals surface area contributed by atoms with Crippen molar-refractivity contribution >= 4 is 38.4 Å². The van der Waals surface area contributed by atoms with Crippen LogP contribution in [-0.2, 0) is 16.4 Å². The predicted molar refractivity (Wildman–Crippen MR) is 101 cm³/mol. The van der Waals surface area contributed by atoms with Crippen LogP contribution in [0.1, 0.15) is 16.1 Å². The van der Waals surface area contributed by atoms with Crippen LogP contribution in [0, 0.1) is 0 Å². The molecule has 1 aromatic heterocycles. The minimum atomic E-state index is -2.96. The molecule has 0 radical (unpaired) electrons. The van der Waals surface area contributed by atoms with E-state index in [0.29, 0.717) is 23.0 Å². The van der Waals surface area contributed by atoms with Gasteiger partial charge in [0, 0.05) is 16.5 Å². The monoisotopic (exact) mass is 391 g/mol. The van der Waals surface area contributed by atoms with Crippen molar-refractivity contribution in [2.24, 2.45) is 4.99 Å². The summed E-state index contributed by atoms with van der Waals surface area (Å²) >= 11 is 1.45. The number of nitrogens with one attached hydrogen (secondary N) is 2. The number of anilines is 1. The first-order valence-corrected chi connectivity index (χ1v) is 10.8. The number of furan rings is 1. The van der Waals surface area contributed by atoms with Gasteiger partial charge < -0.3 is 15.1 Å². The van der Waals surface area contributed by atoms with Crippen LogP contribution in [0.3, 0.4) is 0 Å². The average Bonchev–Trinajstić information content (AvgIpc) is 3.28. The number of amidine groups is 1. The Morgan fingerprint density at radius 1 is 1.27 bits per heavy atom. The molecule has 1 fully saturated rings. The van der Waals surface area contributed by atoms with Crippen molar-refractivity contribution in [3.05, 3.63) is 54.0 Å². The Morgan fingerprint density at radius 3 is 2.92 bits per heavy atom. The van der Waals surface area contributed by atoms with Crippen molar-refractivity contribution in [1.29, 1.82) is 0 Å². The third-order valence-electron chi connectivity index (χ3n) is 4.20. The Kier molecular flexibility index (Phi) is 4.49. The van der Waals surface area contributed by atoms with Crippen molar-refractivity contribution in [3.8, 4) is 0 Å². The summed E-state index contributed by atoms with van der Waals surface area (Å²) < 4.78 is 28.4. The number of hydrogen-bond donors (Lipinski definition) is 2. The van der Waals surface area contributed by atoms with Crippen LogP contribution in [-0.4, -0.2) is 42.3 Å². The lowest BCUT2D eigenvalue weighted by Gasteiger charge is -2.09. The van der Waals surface area contributed by atoms with E-state index in [1.54, 1.807) is 36.6 Å². The van der Waals surface area contributed by atoms with Crippen LogP contribution in [0.5, 0.6) is 0 Å². The molecule has 3 heterocycles. The largest absolute Gasteiger partial charge is 0.467 e. The van der Waals surface area contributed by atoms with Crippen LogP contribution in [0.2, 0.25) is 0 Å². The van der Waals surface area contributed by atoms with Crippen molar-refractivity contribution in [3.63, 3.8) is 0 Å². The molecular formula is C17H17N3O4S2. The Balaban J connectivity index is 1.39. The van der Waals surface area contributed by atoms with Crippen LogP contribution < -0.4 is 10.6 Å². The maximum Gasteiger partial charge on any atom is 0.251 e. The molecule has 4 rings (SSSR count). The summed E-state index contributed by atoms with van der Waals surface area (Å²) in [6.07, 6.45) is 1.56. The number of nitrogens with zero attached hydrogens (tertiary/aromatic N) is 1. The lowest BCUT2D eigenvalue weighted by Crippen LogP contribution is -2.22. The smallest absolute Gasteiger partial charge is 0.251 e. The molecule has 1 amide bonds. The fourth-order valence-electron chi connectivity index (χ4n) is 2.96. The van der Waals surface area contributed by atoms with Gasteiger partial charge in [-0.25, -0.2) is 8.42 Å².